The van der Waals surface area contributed by atoms with Crippen molar-refractivity contribution < 1.29 is 39.3 Å². The zero-order valence-electron chi connectivity index (χ0n) is 13.4. The van der Waals surface area contributed by atoms with Crippen LogP contribution < -0.4 is 5.14 Å². The molecule has 0 bridgehead atoms. The highest BCUT2D eigenvalue weighted by molar-refractivity contribution is 7.89. The molecule has 0 aliphatic carbocycles. The van der Waals surface area contributed by atoms with Crippen LogP contribution in [0.25, 0.3) is 22.4 Å². The van der Waals surface area contributed by atoms with Gasteiger partial charge in [-0.15, -0.1) is 0 Å². The molecule has 2 aromatic carbocycles. The number of aromatic nitrogens is 1. The van der Waals surface area contributed by atoms with Gasteiger partial charge in [0.15, 0.2) is 0 Å². The quantitative estimate of drug-likeness (QED) is 0.645. The highest BCUT2D eigenvalue weighted by Crippen LogP contribution is 2.44. The second kappa shape index (κ2) is 6.63. The van der Waals surface area contributed by atoms with Crippen molar-refractivity contribution >= 4 is 10.0 Å². The van der Waals surface area contributed by atoms with Gasteiger partial charge in [-0.1, -0.05) is 17.3 Å². The normalized spacial score (nSPS) is 12.4. The van der Waals surface area contributed by atoms with E-state index in [1.165, 1.54) is 6.07 Å². The molecule has 2 N–H and O–H groups in total. The Morgan fingerprint density at radius 1 is 1.00 bits per heavy atom. The number of nitrogens with zero attached hydrogens (tertiary/aromatic N) is 1. The summed E-state index contributed by atoms with van der Waals surface area (Å²) >= 11 is 0. The van der Waals surface area contributed by atoms with Gasteiger partial charge in [0.05, 0.1) is 5.56 Å². The lowest BCUT2D eigenvalue weighted by Gasteiger charge is -2.10. The molecular weight excluding hydrogens is 414 g/mol. The van der Waals surface area contributed by atoms with E-state index in [2.05, 4.69) is 9.68 Å². The molecule has 1 aromatic heterocycles. The van der Waals surface area contributed by atoms with Crippen molar-refractivity contribution in [3.63, 3.8) is 0 Å². The first-order chi connectivity index (χ1) is 12.9. The summed E-state index contributed by atoms with van der Waals surface area (Å²) in [6.07, 6.45) is -5.16. The van der Waals surface area contributed by atoms with Crippen molar-refractivity contribution in [3.8, 4) is 22.4 Å². The average molecular weight is 422 g/mol. The van der Waals surface area contributed by atoms with Crippen LogP contribution in [0.15, 0.2) is 45.8 Å². The van der Waals surface area contributed by atoms with Crippen LogP contribution >= 0.6 is 0 Å². The maximum absolute atomic E-state index is 14.5. The van der Waals surface area contributed by atoms with E-state index in [9.17, 15) is 34.8 Å². The molecule has 0 amide bonds. The van der Waals surface area contributed by atoms with Crippen LogP contribution in [0.1, 0.15) is 5.76 Å². The number of rotatable bonds is 3. The lowest BCUT2D eigenvalue weighted by molar-refractivity contribution is -0.154. The highest BCUT2D eigenvalue weighted by Gasteiger charge is 2.42. The number of hydrogen-bond donors (Lipinski definition) is 1. The van der Waals surface area contributed by atoms with Gasteiger partial charge in [-0.3, -0.25) is 0 Å². The summed E-state index contributed by atoms with van der Waals surface area (Å²) in [7, 11) is -4.67. The zero-order valence-corrected chi connectivity index (χ0v) is 14.2. The van der Waals surface area contributed by atoms with Crippen LogP contribution in [-0.2, 0) is 16.2 Å². The summed E-state index contributed by atoms with van der Waals surface area (Å²) in [5.74, 6) is -5.71. The molecule has 0 unspecified atom stereocenters. The Labute approximate surface area is 153 Å². The van der Waals surface area contributed by atoms with E-state index in [0.717, 1.165) is 18.2 Å². The Bertz CT molecular complexity index is 1170. The number of halogens is 6. The summed E-state index contributed by atoms with van der Waals surface area (Å²) in [5.41, 5.74) is -2.83. The standard InChI is InChI=1S/C16H8F6N2O3S/c17-8-3-1-2-7(4-8)14-13(15(27-24-14)16(20,21)22)9-5-11(19)12(6-10(9)18)28(23,25)26/h1-6H,(H2,23,25,26). The molecule has 0 fully saturated rings. The van der Waals surface area contributed by atoms with Gasteiger partial charge in [-0.05, 0) is 24.3 Å². The molecule has 1 heterocycles. The van der Waals surface area contributed by atoms with Gasteiger partial charge in [0.1, 0.15) is 28.0 Å². The predicted molar refractivity (Wildman–Crippen MR) is 83.6 cm³/mol. The first-order valence-corrected chi connectivity index (χ1v) is 8.79. The fraction of sp³-hybridized carbons (Fsp3) is 0.0625. The minimum Gasteiger partial charge on any atom is -0.350 e. The van der Waals surface area contributed by atoms with Crippen LogP contribution in [-0.4, -0.2) is 13.6 Å². The smallest absolute Gasteiger partial charge is 0.350 e. The van der Waals surface area contributed by atoms with E-state index in [4.69, 9.17) is 5.14 Å². The number of hydrogen-bond acceptors (Lipinski definition) is 4. The zero-order chi connectivity index (χ0) is 20.9. The molecule has 28 heavy (non-hydrogen) atoms. The average Bonchev–Trinajstić information content (AvgIpc) is 3.00. The molecular formula is C16H8F6N2O3S. The molecule has 0 saturated carbocycles. The van der Waals surface area contributed by atoms with Crippen molar-refractivity contribution in [2.24, 2.45) is 5.14 Å². The van der Waals surface area contributed by atoms with Gasteiger partial charge in [-0.2, -0.15) is 13.2 Å². The Kier molecular flexibility index (Phi) is 4.71. The summed E-state index contributed by atoms with van der Waals surface area (Å²) in [6, 6.07) is 4.53. The Morgan fingerprint density at radius 2 is 1.68 bits per heavy atom. The Balaban J connectivity index is 2.35. The van der Waals surface area contributed by atoms with Gasteiger partial charge in [0.25, 0.3) is 0 Å². The summed E-state index contributed by atoms with van der Waals surface area (Å²) in [5, 5.41) is 7.96. The first-order valence-electron chi connectivity index (χ1n) is 7.24. The lowest BCUT2D eigenvalue weighted by Crippen LogP contribution is -2.15. The largest absolute Gasteiger partial charge is 0.453 e. The van der Waals surface area contributed by atoms with Crippen molar-refractivity contribution in [2.45, 2.75) is 11.1 Å². The van der Waals surface area contributed by atoms with Gasteiger partial charge >= 0.3 is 6.18 Å². The summed E-state index contributed by atoms with van der Waals surface area (Å²) in [6.45, 7) is 0. The fourth-order valence-corrected chi connectivity index (χ4v) is 3.10. The van der Waals surface area contributed by atoms with E-state index < -0.39 is 61.1 Å². The monoisotopic (exact) mass is 422 g/mol. The van der Waals surface area contributed by atoms with Crippen LogP contribution in [0.4, 0.5) is 26.3 Å². The Hall–Kier alpha value is -2.86. The molecule has 0 radical (unpaired) electrons. The minimum absolute atomic E-state index is 0.141. The molecule has 0 aliphatic heterocycles. The minimum atomic E-state index is -5.16. The molecule has 0 atom stereocenters. The highest BCUT2D eigenvalue weighted by atomic mass is 32.2. The van der Waals surface area contributed by atoms with Crippen LogP contribution in [0.5, 0.6) is 0 Å². The number of sulfonamides is 1. The van der Waals surface area contributed by atoms with Crippen LogP contribution in [0, 0.1) is 17.5 Å². The van der Waals surface area contributed by atoms with E-state index in [1.54, 1.807) is 0 Å². The van der Waals surface area contributed by atoms with Gasteiger partial charge in [0.2, 0.25) is 15.8 Å². The third-order valence-corrected chi connectivity index (χ3v) is 4.57. The molecule has 12 heteroatoms. The van der Waals surface area contributed by atoms with Crippen molar-refractivity contribution in [3.05, 3.63) is 59.6 Å². The SMILES string of the molecule is NS(=O)(=O)c1cc(F)c(-c2c(-c3cccc(F)c3)noc2C(F)(F)F)cc1F. The lowest BCUT2D eigenvalue weighted by atomic mass is 9.98. The van der Waals surface area contributed by atoms with E-state index >= 15 is 0 Å². The van der Waals surface area contributed by atoms with Gasteiger partial charge in [-0.25, -0.2) is 26.7 Å². The number of primary sulfonamides is 1. The molecule has 148 valence electrons. The molecule has 0 saturated heterocycles. The molecule has 0 spiro atoms. The number of benzene rings is 2. The second-order valence-electron chi connectivity index (χ2n) is 5.55. The molecule has 0 aliphatic rings. The Morgan fingerprint density at radius 3 is 2.25 bits per heavy atom. The third kappa shape index (κ3) is 3.60. The van der Waals surface area contributed by atoms with Crippen molar-refractivity contribution in [1.82, 2.24) is 5.16 Å². The third-order valence-electron chi connectivity index (χ3n) is 3.65. The van der Waals surface area contributed by atoms with E-state index in [-0.39, 0.29) is 17.7 Å². The molecule has 3 aromatic rings. The maximum Gasteiger partial charge on any atom is 0.453 e. The maximum atomic E-state index is 14.5. The predicted octanol–water partition coefficient (Wildman–Crippen LogP) is 4.09. The first kappa shape index (κ1) is 19.9. The van der Waals surface area contributed by atoms with Crippen LogP contribution in [0.3, 0.4) is 0 Å². The van der Waals surface area contributed by atoms with Crippen molar-refractivity contribution in [1.29, 1.82) is 0 Å². The fourth-order valence-electron chi connectivity index (χ4n) is 2.50. The van der Waals surface area contributed by atoms with Crippen molar-refractivity contribution in [2.75, 3.05) is 0 Å². The molecule has 5 nitrogen and oxygen atoms in total. The number of nitrogens with two attached hydrogens (primary N) is 1. The summed E-state index contributed by atoms with van der Waals surface area (Å²) < 4.78 is 109. The topological polar surface area (TPSA) is 86.2 Å². The number of alkyl halides is 3. The van der Waals surface area contributed by atoms with Gasteiger partial charge in [0, 0.05) is 11.1 Å². The van der Waals surface area contributed by atoms with Crippen LogP contribution in [0.2, 0.25) is 0 Å². The van der Waals surface area contributed by atoms with E-state index in [1.807, 2.05) is 0 Å². The van der Waals surface area contributed by atoms with E-state index in [0.29, 0.717) is 0 Å². The summed E-state index contributed by atoms with van der Waals surface area (Å²) in [4.78, 5) is -1.24. The van der Waals surface area contributed by atoms with Gasteiger partial charge < -0.3 is 4.52 Å². The molecule has 3 rings (SSSR count). The second-order valence-corrected chi connectivity index (χ2v) is 7.08.